The molecular weight excluding hydrogens is 110 g/mol. The highest BCUT2D eigenvalue weighted by molar-refractivity contribution is 4.65. The predicted octanol–water partition coefficient (Wildman–Crippen LogP) is -0.892. The van der Waals surface area contributed by atoms with E-state index in [4.69, 9.17) is 15.4 Å². The molecular formula is C4H9NO3. The molecule has 0 amide bonds. The number of hydroxylamine groups is 2. The molecule has 0 radical (unpaired) electrons. The van der Waals surface area contributed by atoms with Crippen molar-refractivity contribution in [1.82, 2.24) is 5.06 Å². The van der Waals surface area contributed by atoms with E-state index < -0.39 is 12.5 Å². The molecule has 0 aliphatic carbocycles. The van der Waals surface area contributed by atoms with Crippen LogP contribution < -0.4 is 0 Å². The van der Waals surface area contributed by atoms with Crippen LogP contribution in [0.3, 0.4) is 0 Å². The van der Waals surface area contributed by atoms with Crippen LogP contribution in [0.5, 0.6) is 0 Å². The zero-order chi connectivity index (χ0) is 6.15. The van der Waals surface area contributed by atoms with Gasteiger partial charge in [-0.05, 0) is 12.8 Å². The Hall–Kier alpha value is -0.160. The largest absolute Gasteiger partial charge is 0.376 e. The van der Waals surface area contributed by atoms with Crippen molar-refractivity contribution in [3.8, 4) is 0 Å². The Labute approximate surface area is 46.9 Å². The summed E-state index contributed by atoms with van der Waals surface area (Å²) in [6.07, 6.45) is -0.856. The van der Waals surface area contributed by atoms with Crippen molar-refractivity contribution < 1.29 is 15.4 Å². The number of aliphatic hydroxyl groups is 2. The van der Waals surface area contributed by atoms with E-state index in [1.54, 1.807) is 0 Å². The predicted molar refractivity (Wildman–Crippen MR) is 24.9 cm³/mol. The summed E-state index contributed by atoms with van der Waals surface area (Å²) in [6, 6.07) is 0. The average Bonchev–Trinajstić information content (AvgIpc) is 1.98. The molecule has 4 nitrogen and oxygen atoms in total. The summed E-state index contributed by atoms with van der Waals surface area (Å²) in [4.78, 5) is 0. The van der Waals surface area contributed by atoms with E-state index in [1.807, 2.05) is 0 Å². The van der Waals surface area contributed by atoms with Gasteiger partial charge in [-0.15, -0.1) is 5.06 Å². The van der Waals surface area contributed by atoms with Crippen molar-refractivity contribution in [2.45, 2.75) is 25.3 Å². The average molecular weight is 119 g/mol. The molecule has 3 N–H and O–H groups in total. The minimum absolute atomic E-state index is 0.442. The second-order valence-electron chi connectivity index (χ2n) is 1.92. The van der Waals surface area contributed by atoms with Gasteiger partial charge in [0.1, 0.15) is 12.5 Å². The third-order valence-electron chi connectivity index (χ3n) is 1.29. The molecule has 1 heterocycles. The Balaban J connectivity index is 2.44. The monoisotopic (exact) mass is 119 g/mol. The van der Waals surface area contributed by atoms with E-state index in [0.717, 1.165) is 0 Å². The molecule has 0 saturated carbocycles. The van der Waals surface area contributed by atoms with Gasteiger partial charge >= 0.3 is 0 Å². The molecule has 4 heteroatoms. The van der Waals surface area contributed by atoms with Crippen LogP contribution in [0, 0.1) is 0 Å². The quantitative estimate of drug-likeness (QED) is 0.387. The van der Waals surface area contributed by atoms with Crippen molar-refractivity contribution in [3.05, 3.63) is 0 Å². The van der Waals surface area contributed by atoms with E-state index in [2.05, 4.69) is 0 Å². The highest BCUT2D eigenvalue weighted by atomic mass is 16.6. The fourth-order valence-corrected chi connectivity index (χ4v) is 0.761. The zero-order valence-electron chi connectivity index (χ0n) is 4.36. The standard InChI is InChI=1S/C4H9NO3/c6-3-1-2-4(7)5(3)8/h3-4,6-8H,1-2H2. The lowest BCUT2D eigenvalue weighted by molar-refractivity contribution is -0.238. The van der Waals surface area contributed by atoms with E-state index in [-0.39, 0.29) is 0 Å². The second-order valence-corrected chi connectivity index (χ2v) is 1.92. The third kappa shape index (κ3) is 0.830. The van der Waals surface area contributed by atoms with Crippen molar-refractivity contribution in [3.63, 3.8) is 0 Å². The Kier molecular flexibility index (Phi) is 1.48. The first kappa shape index (κ1) is 5.97. The SMILES string of the molecule is OC1CCC(O)N1O. The smallest absolute Gasteiger partial charge is 0.132 e. The first-order valence-corrected chi connectivity index (χ1v) is 2.55. The Morgan fingerprint density at radius 2 is 1.50 bits per heavy atom. The van der Waals surface area contributed by atoms with Crippen LogP contribution in [0.1, 0.15) is 12.8 Å². The molecule has 2 unspecified atom stereocenters. The molecule has 0 aromatic carbocycles. The first-order chi connectivity index (χ1) is 3.72. The summed E-state index contributed by atoms with van der Waals surface area (Å²) in [5.41, 5.74) is 0. The lowest BCUT2D eigenvalue weighted by Crippen LogP contribution is -2.32. The van der Waals surface area contributed by atoms with Crippen molar-refractivity contribution in [2.24, 2.45) is 0 Å². The van der Waals surface area contributed by atoms with E-state index >= 15 is 0 Å². The molecule has 0 aromatic rings. The van der Waals surface area contributed by atoms with Crippen LogP contribution in [-0.2, 0) is 0 Å². The maximum absolute atomic E-state index is 8.68. The minimum Gasteiger partial charge on any atom is -0.376 e. The number of hydrogen-bond donors (Lipinski definition) is 3. The summed E-state index contributed by atoms with van der Waals surface area (Å²) in [5.74, 6) is 0. The van der Waals surface area contributed by atoms with Crippen LogP contribution >= 0.6 is 0 Å². The van der Waals surface area contributed by atoms with Crippen LogP contribution in [-0.4, -0.2) is 32.9 Å². The highest BCUT2D eigenvalue weighted by Crippen LogP contribution is 2.16. The fraction of sp³-hybridized carbons (Fsp3) is 1.00. The number of aliphatic hydroxyl groups excluding tert-OH is 2. The lowest BCUT2D eigenvalue weighted by atomic mass is 10.3. The number of hydrogen-bond acceptors (Lipinski definition) is 4. The first-order valence-electron chi connectivity index (χ1n) is 2.55. The lowest BCUT2D eigenvalue weighted by Gasteiger charge is -2.13. The summed E-state index contributed by atoms with van der Waals surface area (Å²) in [5, 5.41) is 26.5. The van der Waals surface area contributed by atoms with Gasteiger partial charge < -0.3 is 15.4 Å². The van der Waals surface area contributed by atoms with Gasteiger partial charge in [-0.25, -0.2) is 0 Å². The molecule has 1 aliphatic heterocycles. The Morgan fingerprint density at radius 3 is 1.62 bits per heavy atom. The minimum atomic E-state index is -0.870. The van der Waals surface area contributed by atoms with Crippen LogP contribution in [0.25, 0.3) is 0 Å². The summed E-state index contributed by atoms with van der Waals surface area (Å²) in [6.45, 7) is 0. The van der Waals surface area contributed by atoms with Crippen LogP contribution in [0.2, 0.25) is 0 Å². The maximum atomic E-state index is 8.68. The molecule has 1 aliphatic rings. The van der Waals surface area contributed by atoms with Gasteiger partial charge in [0.2, 0.25) is 0 Å². The Bertz CT molecular complexity index is 77.4. The van der Waals surface area contributed by atoms with Crippen LogP contribution in [0.4, 0.5) is 0 Å². The van der Waals surface area contributed by atoms with E-state index in [1.165, 1.54) is 0 Å². The molecule has 0 spiro atoms. The topological polar surface area (TPSA) is 63.9 Å². The normalized spacial score (nSPS) is 40.9. The second kappa shape index (κ2) is 1.99. The van der Waals surface area contributed by atoms with Gasteiger partial charge in [0.25, 0.3) is 0 Å². The molecule has 1 fully saturated rings. The zero-order valence-corrected chi connectivity index (χ0v) is 4.36. The summed E-state index contributed by atoms with van der Waals surface area (Å²) >= 11 is 0. The van der Waals surface area contributed by atoms with Crippen molar-refractivity contribution >= 4 is 0 Å². The molecule has 48 valence electrons. The molecule has 1 rings (SSSR count). The van der Waals surface area contributed by atoms with Crippen LogP contribution in [0.15, 0.2) is 0 Å². The molecule has 0 bridgehead atoms. The number of nitrogens with zero attached hydrogens (tertiary/aromatic N) is 1. The molecule has 8 heavy (non-hydrogen) atoms. The van der Waals surface area contributed by atoms with Gasteiger partial charge in [0.05, 0.1) is 0 Å². The van der Waals surface area contributed by atoms with Crippen molar-refractivity contribution in [1.29, 1.82) is 0 Å². The molecule has 1 saturated heterocycles. The highest BCUT2D eigenvalue weighted by Gasteiger charge is 2.28. The van der Waals surface area contributed by atoms with Gasteiger partial charge in [0.15, 0.2) is 0 Å². The molecule has 2 atom stereocenters. The summed E-state index contributed by atoms with van der Waals surface area (Å²) < 4.78 is 0. The van der Waals surface area contributed by atoms with Gasteiger partial charge in [-0.2, -0.15) is 0 Å². The van der Waals surface area contributed by atoms with Gasteiger partial charge in [-0.1, -0.05) is 0 Å². The fourth-order valence-electron chi connectivity index (χ4n) is 0.761. The van der Waals surface area contributed by atoms with Crippen molar-refractivity contribution in [2.75, 3.05) is 0 Å². The third-order valence-corrected chi connectivity index (χ3v) is 1.29. The molecule has 0 aromatic heterocycles. The van der Waals surface area contributed by atoms with E-state index in [9.17, 15) is 0 Å². The summed E-state index contributed by atoms with van der Waals surface area (Å²) in [7, 11) is 0. The maximum Gasteiger partial charge on any atom is 0.132 e. The Morgan fingerprint density at radius 1 is 1.12 bits per heavy atom. The van der Waals surface area contributed by atoms with Gasteiger partial charge in [-0.3, -0.25) is 0 Å². The van der Waals surface area contributed by atoms with Gasteiger partial charge in [0, 0.05) is 0 Å². The number of rotatable bonds is 0. The van der Waals surface area contributed by atoms with E-state index in [0.29, 0.717) is 17.9 Å².